The summed E-state index contributed by atoms with van der Waals surface area (Å²) in [4.78, 5) is 10.8. The summed E-state index contributed by atoms with van der Waals surface area (Å²) in [6, 6.07) is 0. The smallest absolute Gasteiger partial charge is 0.407 e. The molecule has 0 bridgehead atoms. The molecule has 0 saturated carbocycles. The minimum atomic E-state index is -0.281. The van der Waals surface area contributed by atoms with Crippen LogP contribution in [0.3, 0.4) is 0 Å². The fourth-order valence-electron chi connectivity index (χ4n) is 1.14. The molecule has 0 spiro atoms. The lowest BCUT2D eigenvalue weighted by Gasteiger charge is -2.33. The highest BCUT2D eigenvalue weighted by atomic mass is 16.6. The maximum absolute atomic E-state index is 10.8. The molecule has 1 aliphatic heterocycles. The van der Waals surface area contributed by atoms with E-state index in [9.17, 15) is 4.79 Å². The Balaban J connectivity index is 2.53. The van der Waals surface area contributed by atoms with Crippen LogP contribution in [0.15, 0.2) is 0 Å². The van der Waals surface area contributed by atoms with Crippen molar-refractivity contribution < 1.29 is 9.53 Å². The van der Waals surface area contributed by atoms with Gasteiger partial charge in [-0.2, -0.15) is 0 Å². The molecule has 1 rings (SSSR count). The first-order valence-electron chi connectivity index (χ1n) is 3.94. The van der Waals surface area contributed by atoms with Crippen LogP contribution in [0.1, 0.15) is 27.2 Å². The van der Waals surface area contributed by atoms with Crippen molar-refractivity contribution in [1.82, 2.24) is 5.32 Å². The van der Waals surface area contributed by atoms with Crippen LogP contribution < -0.4 is 5.32 Å². The summed E-state index contributed by atoms with van der Waals surface area (Å²) < 4.78 is 5.10. The van der Waals surface area contributed by atoms with Crippen molar-refractivity contribution in [2.45, 2.75) is 33.3 Å². The van der Waals surface area contributed by atoms with Crippen LogP contribution in [0.25, 0.3) is 0 Å². The van der Waals surface area contributed by atoms with E-state index in [4.69, 9.17) is 4.74 Å². The van der Waals surface area contributed by atoms with Crippen molar-refractivity contribution in [3.63, 3.8) is 0 Å². The van der Waals surface area contributed by atoms with Crippen LogP contribution in [0.5, 0.6) is 0 Å². The third-order valence-corrected chi connectivity index (χ3v) is 1.89. The normalized spacial score (nSPS) is 25.7. The number of rotatable bonds is 0. The van der Waals surface area contributed by atoms with Gasteiger partial charge in [0.25, 0.3) is 0 Å². The summed E-state index contributed by atoms with van der Waals surface area (Å²) in [6.07, 6.45) is 0.697. The fourth-order valence-corrected chi connectivity index (χ4v) is 1.14. The zero-order chi connectivity index (χ0) is 8.48. The largest absolute Gasteiger partial charge is 0.446 e. The average molecular weight is 157 g/mol. The van der Waals surface area contributed by atoms with Crippen LogP contribution in [-0.4, -0.2) is 18.7 Å². The Hall–Kier alpha value is -0.730. The molecule has 1 N–H and O–H groups in total. The van der Waals surface area contributed by atoms with Crippen molar-refractivity contribution >= 4 is 6.09 Å². The van der Waals surface area contributed by atoms with E-state index >= 15 is 0 Å². The maximum atomic E-state index is 10.8. The zero-order valence-corrected chi connectivity index (χ0v) is 7.31. The Kier molecular flexibility index (Phi) is 2.07. The molecule has 11 heavy (non-hydrogen) atoms. The molecule has 0 aromatic rings. The summed E-state index contributed by atoms with van der Waals surface area (Å²) in [5, 5.41) is 2.62. The van der Waals surface area contributed by atoms with Crippen LogP contribution >= 0.6 is 0 Å². The first kappa shape index (κ1) is 8.37. The van der Waals surface area contributed by atoms with Gasteiger partial charge < -0.3 is 10.1 Å². The van der Waals surface area contributed by atoms with Gasteiger partial charge in [0.2, 0.25) is 0 Å². The molecule has 1 amide bonds. The number of hydrogen-bond acceptors (Lipinski definition) is 2. The summed E-state index contributed by atoms with van der Waals surface area (Å²) in [7, 11) is 0. The van der Waals surface area contributed by atoms with Gasteiger partial charge in [0.05, 0.1) is 0 Å². The molecule has 1 heterocycles. The monoisotopic (exact) mass is 157 g/mol. The fraction of sp³-hybridized carbons (Fsp3) is 0.875. The summed E-state index contributed by atoms with van der Waals surface area (Å²) in [6.45, 7) is 6.98. The molecule has 0 aliphatic carbocycles. The maximum Gasteiger partial charge on any atom is 0.407 e. The van der Waals surface area contributed by atoms with Gasteiger partial charge in [0.1, 0.15) is 6.10 Å². The Morgan fingerprint density at radius 1 is 1.55 bits per heavy atom. The highest BCUT2D eigenvalue weighted by Gasteiger charge is 2.30. The molecule has 1 atom stereocenters. The van der Waals surface area contributed by atoms with E-state index in [1.165, 1.54) is 0 Å². The quantitative estimate of drug-likeness (QED) is 0.579. The Bertz CT molecular complexity index is 160. The molecule has 0 aromatic carbocycles. The number of ether oxygens (including phenoxy) is 1. The molecule has 64 valence electrons. The van der Waals surface area contributed by atoms with E-state index in [1.54, 1.807) is 0 Å². The van der Waals surface area contributed by atoms with Gasteiger partial charge in [-0.05, 0) is 5.41 Å². The lowest BCUT2D eigenvalue weighted by Crippen LogP contribution is -2.43. The minimum Gasteiger partial charge on any atom is -0.446 e. The van der Waals surface area contributed by atoms with Crippen molar-refractivity contribution in [3.05, 3.63) is 0 Å². The number of alkyl carbamates (subject to hydrolysis) is 1. The van der Waals surface area contributed by atoms with E-state index in [2.05, 4.69) is 26.1 Å². The highest BCUT2D eigenvalue weighted by Crippen LogP contribution is 2.26. The second kappa shape index (κ2) is 2.72. The van der Waals surface area contributed by atoms with Gasteiger partial charge in [-0.15, -0.1) is 0 Å². The first-order chi connectivity index (χ1) is 5.00. The molecule has 1 aliphatic rings. The van der Waals surface area contributed by atoms with E-state index in [0.717, 1.165) is 13.0 Å². The number of hydrogen-bond donors (Lipinski definition) is 1. The lowest BCUT2D eigenvalue weighted by molar-refractivity contribution is 0.0105. The SMILES string of the molecule is CC(C)(C)C1CCNC(=O)O1. The third-order valence-electron chi connectivity index (χ3n) is 1.89. The van der Waals surface area contributed by atoms with Crippen LogP contribution in [0.2, 0.25) is 0 Å². The second-order valence-corrected chi connectivity index (χ2v) is 3.98. The number of carbonyl (C=O) groups excluding carboxylic acids is 1. The van der Waals surface area contributed by atoms with Crippen LogP contribution in [0.4, 0.5) is 4.79 Å². The number of carbonyl (C=O) groups is 1. The zero-order valence-electron chi connectivity index (χ0n) is 7.31. The van der Waals surface area contributed by atoms with Gasteiger partial charge in [-0.1, -0.05) is 20.8 Å². The number of amides is 1. The second-order valence-electron chi connectivity index (χ2n) is 3.98. The van der Waals surface area contributed by atoms with Gasteiger partial charge in [0.15, 0.2) is 0 Å². The molecule has 3 heteroatoms. The Morgan fingerprint density at radius 3 is 2.55 bits per heavy atom. The predicted molar refractivity (Wildman–Crippen MR) is 42.3 cm³/mol. The highest BCUT2D eigenvalue weighted by molar-refractivity contribution is 5.68. The lowest BCUT2D eigenvalue weighted by atomic mass is 9.86. The van der Waals surface area contributed by atoms with Crippen LogP contribution in [-0.2, 0) is 4.74 Å². The molecule has 0 radical (unpaired) electrons. The van der Waals surface area contributed by atoms with Crippen molar-refractivity contribution in [2.75, 3.05) is 6.54 Å². The van der Waals surface area contributed by atoms with Crippen molar-refractivity contribution in [3.8, 4) is 0 Å². The Labute approximate surface area is 67.1 Å². The first-order valence-corrected chi connectivity index (χ1v) is 3.94. The predicted octanol–water partition coefficient (Wildman–Crippen LogP) is 1.53. The molecular formula is C8H15NO2. The third kappa shape index (κ3) is 2.10. The molecule has 1 saturated heterocycles. The summed E-state index contributed by atoms with van der Waals surface area (Å²) in [5.41, 5.74) is 0.0672. The van der Waals surface area contributed by atoms with Gasteiger partial charge in [0, 0.05) is 13.0 Å². The molecule has 3 nitrogen and oxygen atoms in total. The molecule has 1 fully saturated rings. The standard InChI is InChI=1S/C8H15NO2/c1-8(2,3)6-4-5-9-7(10)11-6/h6H,4-5H2,1-3H3,(H,9,10). The molecular weight excluding hydrogens is 142 g/mol. The molecule has 1 unspecified atom stereocenters. The van der Waals surface area contributed by atoms with E-state index in [0.29, 0.717) is 0 Å². The number of nitrogens with one attached hydrogen (secondary N) is 1. The van der Waals surface area contributed by atoms with Gasteiger partial charge in [-0.3, -0.25) is 0 Å². The van der Waals surface area contributed by atoms with E-state index < -0.39 is 0 Å². The summed E-state index contributed by atoms with van der Waals surface area (Å²) >= 11 is 0. The van der Waals surface area contributed by atoms with Crippen molar-refractivity contribution in [1.29, 1.82) is 0 Å². The summed E-state index contributed by atoms with van der Waals surface area (Å²) in [5.74, 6) is 0. The Morgan fingerprint density at radius 2 is 2.18 bits per heavy atom. The van der Waals surface area contributed by atoms with E-state index in [-0.39, 0.29) is 17.6 Å². The average Bonchev–Trinajstić information content (AvgIpc) is 1.86. The van der Waals surface area contributed by atoms with Crippen LogP contribution in [0, 0.1) is 5.41 Å². The topological polar surface area (TPSA) is 38.3 Å². The van der Waals surface area contributed by atoms with Gasteiger partial charge >= 0.3 is 6.09 Å². The van der Waals surface area contributed by atoms with Crippen molar-refractivity contribution in [2.24, 2.45) is 5.41 Å². The number of cyclic esters (lactones) is 1. The van der Waals surface area contributed by atoms with E-state index in [1.807, 2.05) is 0 Å². The minimum absolute atomic E-state index is 0.0660. The molecule has 0 aromatic heterocycles. The van der Waals surface area contributed by atoms with Gasteiger partial charge in [-0.25, -0.2) is 4.79 Å².